The van der Waals surface area contributed by atoms with Gasteiger partial charge in [0.05, 0.1) is 11.5 Å². The molecule has 0 N–H and O–H groups in total. The lowest BCUT2D eigenvalue weighted by atomic mass is 10.3. The fraction of sp³-hybridized carbons (Fsp3) is 0.500. The molecule has 0 aromatic carbocycles. The van der Waals surface area contributed by atoms with Crippen LogP contribution in [0.3, 0.4) is 0 Å². The van der Waals surface area contributed by atoms with Gasteiger partial charge in [0.15, 0.2) is 6.29 Å². The van der Waals surface area contributed by atoms with Gasteiger partial charge in [-0.15, -0.1) is 11.3 Å². The van der Waals surface area contributed by atoms with E-state index in [1.54, 1.807) is 7.11 Å². The quantitative estimate of drug-likeness (QED) is 0.701. The van der Waals surface area contributed by atoms with Crippen molar-refractivity contribution in [1.82, 2.24) is 0 Å². The van der Waals surface area contributed by atoms with Gasteiger partial charge in [-0.1, -0.05) is 0 Å². The first-order valence-corrected chi connectivity index (χ1v) is 5.32. The second-order valence-corrected chi connectivity index (χ2v) is 4.18. The molecule has 1 rings (SSSR count). The first kappa shape index (κ1) is 11.2. The molecule has 0 aliphatic carbocycles. The first-order chi connectivity index (χ1) is 6.69. The standard InChI is InChI=1S/C10H15NO2S/c1-8(6-13-3)11(2)9-4-10(5-12)14-7-9/h4-5,7-8H,6H2,1-3H3. The minimum atomic E-state index is 0.314. The number of nitrogens with zero attached hydrogens (tertiary/aromatic N) is 1. The topological polar surface area (TPSA) is 29.5 Å². The molecule has 0 amide bonds. The molecule has 1 aromatic heterocycles. The number of aldehydes is 1. The molecule has 1 atom stereocenters. The van der Waals surface area contributed by atoms with Crippen molar-refractivity contribution in [2.45, 2.75) is 13.0 Å². The average molecular weight is 213 g/mol. The zero-order chi connectivity index (χ0) is 10.6. The number of hydrogen-bond donors (Lipinski definition) is 0. The second kappa shape index (κ2) is 5.12. The molecule has 1 aromatic rings. The van der Waals surface area contributed by atoms with Gasteiger partial charge in [0.2, 0.25) is 0 Å². The average Bonchev–Trinajstić information content (AvgIpc) is 2.65. The number of likely N-dealkylation sites (N-methyl/N-ethyl adjacent to an activating group) is 1. The number of anilines is 1. The van der Waals surface area contributed by atoms with E-state index in [9.17, 15) is 4.79 Å². The summed E-state index contributed by atoms with van der Waals surface area (Å²) in [6.45, 7) is 2.77. The summed E-state index contributed by atoms with van der Waals surface area (Å²) in [5.74, 6) is 0. The van der Waals surface area contributed by atoms with Crippen molar-refractivity contribution in [3.8, 4) is 0 Å². The van der Waals surface area contributed by atoms with Crippen LogP contribution in [0, 0.1) is 0 Å². The van der Waals surface area contributed by atoms with Crippen LogP contribution in [0.2, 0.25) is 0 Å². The lowest BCUT2D eigenvalue weighted by Gasteiger charge is -2.24. The maximum Gasteiger partial charge on any atom is 0.160 e. The van der Waals surface area contributed by atoms with E-state index >= 15 is 0 Å². The Hall–Kier alpha value is -0.870. The summed E-state index contributed by atoms with van der Waals surface area (Å²) in [6, 6.07) is 2.21. The molecule has 78 valence electrons. The van der Waals surface area contributed by atoms with Crippen LogP contribution in [0.5, 0.6) is 0 Å². The number of carbonyl (C=O) groups excluding carboxylic acids is 1. The van der Waals surface area contributed by atoms with Crippen molar-refractivity contribution in [2.24, 2.45) is 0 Å². The maximum atomic E-state index is 10.5. The van der Waals surface area contributed by atoms with E-state index in [0.29, 0.717) is 12.6 Å². The molecular weight excluding hydrogens is 198 g/mol. The van der Waals surface area contributed by atoms with E-state index in [1.807, 2.05) is 18.5 Å². The Morgan fingerprint density at radius 2 is 2.43 bits per heavy atom. The van der Waals surface area contributed by atoms with Crippen LogP contribution in [0.4, 0.5) is 5.69 Å². The van der Waals surface area contributed by atoms with Crippen molar-refractivity contribution >= 4 is 23.3 Å². The monoisotopic (exact) mass is 213 g/mol. The number of rotatable bonds is 5. The predicted octanol–water partition coefficient (Wildman–Crippen LogP) is 2.03. The van der Waals surface area contributed by atoms with Crippen LogP contribution in [-0.4, -0.2) is 33.1 Å². The summed E-state index contributed by atoms with van der Waals surface area (Å²) >= 11 is 1.46. The van der Waals surface area contributed by atoms with Crippen LogP contribution in [0.25, 0.3) is 0 Å². The van der Waals surface area contributed by atoms with E-state index in [2.05, 4.69) is 11.8 Å². The molecule has 0 aliphatic heterocycles. The third-order valence-electron chi connectivity index (χ3n) is 2.20. The van der Waals surface area contributed by atoms with Crippen LogP contribution in [-0.2, 0) is 4.74 Å². The van der Waals surface area contributed by atoms with E-state index in [4.69, 9.17) is 4.74 Å². The summed E-state index contributed by atoms with van der Waals surface area (Å²) in [4.78, 5) is 13.4. The van der Waals surface area contributed by atoms with Gasteiger partial charge < -0.3 is 9.64 Å². The molecule has 4 heteroatoms. The van der Waals surface area contributed by atoms with Gasteiger partial charge in [0.1, 0.15) is 0 Å². The molecule has 0 saturated heterocycles. The Morgan fingerprint density at radius 3 is 2.93 bits per heavy atom. The Morgan fingerprint density at radius 1 is 1.71 bits per heavy atom. The highest BCUT2D eigenvalue weighted by Gasteiger charge is 2.10. The highest BCUT2D eigenvalue weighted by atomic mass is 32.1. The SMILES string of the molecule is COCC(C)N(C)c1csc(C=O)c1. The molecule has 1 heterocycles. The zero-order valence-electron chi connectivity index (χ0n) is 8.69. The maximum absolute atomic E-state index is 10.5. The minimum Gasteiger partial charge on any atom is -0.383 e. The number of thiophene rings is 1. The fourth-order valence-corrected chi connectivity index (χ4v) is 1.93. The van der Waals surface area contributed by atoms with Gasteiger partial charge in [-0.05, 0) is 13.0 Å². The summed E-state index contributed by atoms with van der Waals surface area (Å²) < 4.78 is 5.07. The lowest BCUT2D eigenvalue weighted by Crippen LogP contribution is -2.32. The summed E-state index contributed by atoms with van der Waals surface area (Å²) in [6.07, 6.45) is 0.878. The van der Waals surface area contributed by atoms with Crippen molar-refractivity contribution < 1.29 is 9.53 Å². The van der Waals surface area contributed by atoms with Crippen LogP contribution < -0.4 is 4.90 Å². The summed E-state index contributed by atoms with van der Waals surface area (Å²) in [5.41, 5.74) is 1.07. The minimum absolute atomic E-state index is 0.314. The Balaban J connectivity index is 2.67. The van der Waals surface area contributed by atoms with Crippen LogP contribution in [0.15, 0.2) is 11.4 Å². The fourth-order valence-electron chi connectivity index (χ4n) is 1.20. The van der Waals surface area contributed by atoms with Gasteiger partial charge in [-0.3, -0.25) is 4.79 Å². The van der Waals surface area contributed by atoms with E-state index in [0.717, 1.165) is 16.9 Å². The normalized spacial score (nSPS) is 12.5. The van der Waals surface area contributed by atoms with Crippen molar-refractivity contribution in [3.05, 3.63) is 16.3 Å². The van der Waals surface area contributed by atoms with Crippen LogP contribution in [0.1, 0.15) is 16.6 Å². The van der Waals surface area contributed by atoms with Crippen LogP contribution >= 0.6 is 11.3 Å². The van der Waals surface area contributed by atoms with E-state index in [1.165, 1.54) is 11.3 Å². The number of methoxy groups -OCH3 is 1. The molecule has 0 spiro atoms. The molecule has 0 fully saturated rings. The summed E-state index contributed by atoms with van der Waals surface area (Å²) in [7, 11) is 3.69. The van der Waals surface area contributed by atoms with Gasteiger partial charge in [-0.25, -0.2) is 0 Å². The lowest BCUT2D eigenvalue weighted by molar-refractivity contribution is 0.112. The molecule has 3 nitrogen and oxygen atoms in total. The number of hydrogen-bond acceptors (Lipinski definition) is 4. The van der Waals surface area contributed by atoms with Gasteiger partial charge >= 0.3 is 0 Å². The smallest absolute Gasteiger partial charge is 0.160 e. The highest BCUT2D eigenvalue weighted by Crippen LogP contribution is 2.22. The Kier molecular flexibility index (Phi) is 4.10. The molecule has 14 heavy (non-hydrogen) atoms. The third-order valence-corrected chi connectivity index (χ3v) is 3.04. The highest BCUT2D eigenvalue weighted by molar-refractivity contribution is 7.12. The first-order valence-electron chi connectivity index (χ1n) is 4.44. The van der Waals surface area contributed by atoms with Gasteiger partial charge in [0, 0.05) is 31.3 Å². The molecule has 0 bridgehead atoms. The van der Waals surface area contributed by atoms with Crippen molar-refractivity contribution in [2.75, 3.05) is 25.7 Å². The second-order valence-electron chi connectivity index (χ2n) is 3.24. The Bertz CT molecular complexity index is 298. The molecule has 1 unspecified atom stereocenters. The van der Waals surface area contributed by atoms with Gasteiger partial charge in [-0.2, -0.15) is 0 Å². The molecule has 0 saturated carbocycles. The molecular formula is C10H15NO2S. The third kappa shape index (κ3) is 2.56. The number of carbonyl (C=O) groups is 1. The largest absolute Gasteiger partial charge is 0.383 e. The van der Waals surface area contributed by atoms with E-state index in [-0.39, 0.29) is 0 Å². The number of ether oxygens (including phenoxy) is 1. The Labute approximate surface area is 88.3 Å². The van der Waals surface area contributed by atoms with Gasteiger partial charge in [0.25, 0.3) is 0 Å². The molecule has 0 radical (unpaired) electrons. The summed E-state index contributed by atoms with van der Waals surface area (Å²) in [5, 5.41) is 1.98. The predicted molar refractivity (Wildman–Crippen MR) is 59.4 cm³/mol. The zero-order valence-corrected chi connectivity index (χ0v) is 9.50. The van der Waals surface area contributed by atoms with Crippen molar-refractivity contribution in [3.63, 3.8) is 0 Å². The van der Waals surface area contributed by atoms with E-state index < -0.39 is 0 Å². The molecule has 0 aliphatic rings. The van der Waals surface area contributed by atoms with Crippen molar-refractivity contribution in [1.29, 1.82) is 0 Å².